The van der Waals surface area contributed by atoms with Gasteiger partial charge in [-0.15, -0.1) is 0 Å². The normalized spacial score (nSPS) is 13.0. The molecule has 1 aromatic rings. The Kier molecular flexibility index (Phi) is 3.07. The summed E-state index contributed by atoms with van der Waals surface area (Å²) in [6.45, 7) is -0.809. The zero-order chi connectivity index (χ0) is 10.9. The SMILES string of the molecule is NC(CO)c1c(F)c(F)cc(F)c1F. The highest BCUT2D eigenvalue weighted by Gasteiger charge is 2.23. The number of hydrogen-bond donors (Lipinski definition) is 2. The summed E-state index contributed by atoms with van der Waals surface area (Å²) < 4.78 is 51.0. The molecule has 0 amide bonds. The molecule has 0 aliphatic heterocycles. The Morgan fingerprint density at radius 3 is 1.93 bits per heavy atom. The summed E-state index contributed by atoms with van der Waals surface area (Å²) in [7, 11) is 0. The van der Waals surface area contributed by atoms with Gasteiger partial charge in [0, 0.05) is 11.6 Å². The van der Waals surface area contributed by atoms with Crippen molar-refractivity contribution < 1.29 is 22.7 Å². The van der Waals surface area contributed by atoms with Gasteiger partial charge in [0.25, 0.3) is 0 Å². The van der Waals surface area contributed by atoms with Gasteiger partial charge in [0.05, 0.1) is 12.6 Å². The standard InChI is InChI=1S/C8H7F4NO/c9-3-1-4(10)8(12)6(7(3)11)5(13)2-14/h1,5,14H,2,13H2. The molecule has 1 unspecified atom stereocenters. The number of halogens is 4. The number of aliphatic hydroxyl groups is 1. The Morgan fingerprint density at radius 2 is 1.57 bits per heavy atom. The maximum absolute atomic E-state index is 12.9. The highest BCUT2D eigenvalue weighted by Crippen LogP contribution is 2.23. The van der Waals surface area contributed by atoms with Gasteiger partial charge in [-0.05, 0) is 0 Å². The third kappa shape index (κ3) is 1.71. The molecule has 6 heteroatoms. The monoisotopic (exact) mass is 209 g/mol. The lowest BCUT2D eigenvalue weighted by Gasteiger charge is -2.11. The molecule has 0 spiro atoms. The molecule has 0 aromatic heterocycles. The van der Waals surface area contributed by atoms with Crippen molar-refractivity contribution in [2.45, 2.75) is 6.04 Å². The first-order valence-electron chi connectivity index (χ1n) is 3.68. The van der Waals surface area contributed by atoms with Gasteiger partial charge < -0.3 is 10.8 Å². The Bertz CT molecular complexity index is 329. The van der Waals surface area contributed by atoms with Gasteiger partial charge >= 0.3 is 0 Å². The van der Waals surface area contributed by atoms with E-state index in [1.807, 2.05) is 0 Å². The van der Waals surface area contributed by atoms with Crippen molar-refractivity contribution >= 4 is 0 Å². The number of benzene rings is 1. The van der Waals surface area contributed by atoms with Crippen molar-refractivity contribution in [1.29, 1.82) is 0 Å². The van der Waals surface area contributed by atoms with E-state index >= 15 is 0 Å². The average molecular weight is 209 g/mol. The second-order valence-corrected chi connectivity index (χ2v) is 2.67. The Labute approximate surface area is 77.0 Å². The predicted molar refractivity (Wildman–Crippen MR) is 40.3 cm³/mol. The van der Waals surface area contributed by atoms with E-state index in [0.717, 1.165) is 0 Å². The molecule has 0 radical (unpaired) electrons. The highest BCUT2D eigenvalue weighted by molar-refractivity contribution is 5.25. The summed E-state index contributed by atoms with van der Waals surface area (Å²) in [5.74, 6) is -6.23. The minimum Gasteiger partial charge on any atom is -0.394 e. The van der Waals surface area contributed by atoms with E-state index in [2.05, 4.69) is 0 Å². The molecule has 0 aliphatic carbocycles. The van der Waals surface area contributed by atoms with Crippen LogP contribution in [0.5, 0.6) is 0 Å². The molecule has 0 fully saturated rings. The van der Waals surface area contributed by atoms with Gasteiger partial charge in [0.2, 0.25) is 0 Å². The third-order valence-electron chi connectivity index (χ3n) is 1.71. The predicted octanol–water partition coefficient (Wildman–Crippen LogP) is 1.24. The summed E-state index contributed by atoms with van der Waals surface area (Å²) in [6.07, 6.45) is 0. The molecule has 1 atom stereocenters. The summed E-state index contributed by atoms with van der Waals surface area (Å²) in [6, 6.07) is -1.40. The van der Waals surface area contributed by atoms with Crippen LogP contribution in [0.1, 0.15) is 11.6 Å². The smallest absolute Gasteiger partial charge is 0.166 e. The van der Waals surface area contributed by atoms with Crippen LogP contribution < -0.4 is 5.73 Å². The molecule has 1 rings (SSSR count). The van der Waals surface area contributed by atoms with Crippen LogP contribution in [-0.2, 0) is 0 Å². The summed E-state index contributed by atoms with van der Waals surface area (Å²) in [5, 5.41) is 8.52. The first-order chi connectivity index (χ1) is 6.49. The highest BCUT2D eigenvalue weighted by atomic mass is 19.2. The zero-order valence-electron chi connectivity index (χ0n) is 6.90. The van der Waals surface area contributed by atoms with E-state index in [-0.39, 0.29) is 6.07 Å². The van der Waals surface area contributed by atoms with Crippen LogP contribution in [0.25, 0.3) is 0 Å². The van der Waals surface area contributed by atoms with Crippen molar-refractivity contribution in [1.82, 2.24) is 0 Å². The van der Waals surface area contributed by atoms with Crippen LogP contribution in [0.2, 0.25) is 0 Å². The van der Waals surface area contributed by atoms with Gasteiger partial charge in [0.15, 0.2) is 23.3 Å². The number of nitrogens with two attached hydrogens (primary N) is 1. The average Bonchev–Trinajstić information content (AvgIpc) is 2.15. The fraction of sp³-hybridized carbons (Fsp3) is 0.250. The molecule has 0 aliphatic rings. The lowest BCUT2D eigenvalue weighted by Crippen LogP contribution is -2.19. The second kappa shape index (κ2) is 3.93. The van der Waals surface area contributed by atoms with Crippen LogP contribution >= 0.6 is 0 Å². The van der Waals surface area contributed by atoms with E-state index in [9.17, 15) is 17.6 Å². The fourth-order valence-electron chi connectivity index (χ4n) is 1.01. The molecular weight excluding hydrogens is 202 g/mol. The Morgan fingerprint density at radius 1 is 1.14 bits per heavy atom. The van der Waals surface area contributed by atoms with Gasteiger partial charge in [-0.1, -0.05) is 0 Å². The lowest BCUT2D eigenvalue weighted by molar-refractivity contribution is 0.259. The molecule has 0 bridgehead atoms. The summed E-state index contributed by atoms with van der Waals surface area (Å²) in [4.78, 5) is 0. The van der Waals surface area contributed by atoms with Gasteiger partial charge in [-0.3, -0.25) is 0 Å². The Balaban J connectivity index is 3.39. The van der Waals surface area contributed by atoms with Crippen LogP contribution in [0.3, 0.4) is 0 Å². The zero-order valence-corrected chi connectivity index (χ0v) is 6.90. The van der Waals surface area contributed by atoms with Gasteiger partial charge in [0.1, 0.15) is 0 Å². The molecule has 0 saturated carbocycles. The topological polar surface area (TPSA) is 46.2 Å². The summed E-state index contributed by atoms with van der Waals surface area (Å²) >= 11 is 0. The van der Waals surface area contributed by atoms with E-state index in [4.69, 9.17) is 10.8 Å². The van der Waals surface area contributed by atoms with Crippen LogP contribution in [0, 0.1) is 23.3 Å². The largest absolute Gasteiger partial charge is 0.394 e. The van der Waals surface area contributed by atoms with Gasteiger partial charge in [-0.2, -0.15) is 0 Å². The fourth-order valence-corrected chi connectivity index (χ4v) is 1.01. The van der Waals surface area contributed by atoms with Crippen LogP contribution in [-0.4, -0.2) is 11.7 Å². The van der Waals surface area contributed by atoms with E-state index in [0.29, 0.717) is 0 Å². The van der Waals surface area contributed by atoms with Crippen LogP contribution in [0.15, 0.2) is 6.07 Å². The third-order valence-corrected chi connectivity index (χ3v) is 1.71. The van der Waals surface area contributed by atoms with Crippen molar-refractivity contribution in [3.05, 3.63) is 34.9 Å². The lowest BCUT2D eigenvalue weighted by atomic mass is 10.1. The molecule has 2 nitrogen and oxygen atoms in total. The first-order valence-corrected chi connectivity index (χ1v) is 3.68. The van der Waals surface area contributed by atoms with E-state index in [1.165, 1.54) is 0 Å². The van der Waals surface area contributed by atoms with Gasteiger partial charge in [-0.25, -0.2) is 17.6 Å². The Hall–Kier alpha value is -1.14. The molecule has 0 heterocycles. The van der Waals surface area contributed by atoms with Crippen molar-refractivity contribution in [3.63, 3.8) is 0 Å². The van der Waals surface area contributed by atoms with E-state index < -0.39 is 41.5 Å². The maximum atomic E-state index is 12.9. The molecule has 1 aromatic carbocycles. The maximum Gasteiger partial charge on any atom is 0.166 e. The molecule has 0 saturated heterocycles. The van der Waals surface area contributed by atoms with E-state index in [1.54, 1.807) is 0 Å². The molecule has 14 heavy (non-hydrogen) atoms. The minimum absolute atomic E-state index is 0.0816. The quantitative estimate of drug-likeness (QED) is 0.568. The second-order valence-electron chi connectivity index (χ2n) is 2.67. The molecule has 78 valence electrons. The molecule has 3 N–H and O–H groups in total. The van der Waals surface area contributed by atoms with Crippen LogP contribution in [0.4, 0.5) is 17.6 Å². The number of rotatable bonds is 2. The first kappa shape index (κ1) is 10.9. The van der Waals surface area contributed by atoms with Crippen molar-refractivity contribution in [2.24, 2.45) is 5.73 Å². The van der Waals surface area contributed by atoms with Crippen molar-refractivity contribution in [2.75, 3.05) is 6.61 Å². The molecular formula is C8H7F4NO. The number of hydrogen-bond acceptors (Lipinski definition) is 2. The summed E-state index contributed by atoms with van der Waals surface area (Å²) in [5.41, 5.74) is 4.09. The van der Waals surface area contributed by atoms with Crippen molar-refractivity contribution in [3.8, 4) is 0 Å². The number of aliphatic hydroxyl groups excluding tert-OH is 1. The minimum atomic E-state index is -1.58.